The third-order valence-electron chi connectivity index (χ3n) is 5.31. The van der Waals surface area contributed by atoms with Crippen LogP contribution < -0.4 is 5.32 Å². The number of hydrogen-bond acceptors (Lipinski definition) is 2. The van der Waals surface area contributed by atoms with E-state index in [0.717, 1.165) is 43.4 Å². The predicted octanol–water partition coefficient (Wildman–Crippen LogP) is 2.47. The molecule has 1 aliphatic carbocycles. The lowest BCUT2D eigenvalue weighted by molar-refractivity contribution is 0.0884. The van der Waals surface area contributed by atoms with Crippen LogP contribution in [0.15, 0.2) is 12.1 Å². The number of piperidine rings is 1. The zero-order chi connectivity index (χ0) is 14.8. The number of nitrogens with zero attached hydrogens (tertiary/aromatic N) is 2. The highest BCUT2D eigenvalue weighted by Gasteiger charge is 2.28. The fourth-order valence-corrected chi connectivity index (χ4v) is 3.78. The second kappa shape index (κ2) is 6.22. The summed E-state index contributed by atoms with van der Waals surface area (Å²) in [7, 11) is 1.95. The number of aryl methyl sites for hydroxylation is 1. The maximum atomic E-state index is 12.3. The molecule has 0 atom stereocenters. The lowest BCUT2D eigenvalue weighted by atomic mass is 10.0. The molecule has 4 nitrogen and oxygen atoms in total. The van der Waals surface area contributed by atoms with Crippen molar-refractivity contribution in [3.8, 4) is 0 Å². The van der Waals surface area contributed by atoms with Gasteiger partial charge in [-0.25, -0.2) is 0 Å². The van der Waals surface area contributed by atoms with Crippen molar-refractivity contribution in [2.75, 3.05) is 13.1 Å². The molecule has 0 radical (unpaired) electrons. The van der Waals surface area contributed by atoms with Crippen LogP contribution in [-0.4, -0.2) is 40.5 Å². The smallest absolute Gasteiger partial charge is 0.268 e. The molecule has 4 heteroatoms. The number of amides is 1. The Balaban J connectivity index is 1.51. The van der Waals surface area contributed by atoms with Crippen LogP contribution in [0.4, 0.5) is 0 Å². The van der Waals surface area contributed by atoms with Crippen LogP contribution in [-0.2, 0) is 7.05 Å². The maximum Gasteiger partial charge on any atom is 0.268 e. The van der Waals surface area contributed by atoms with Crippen molar-refractivity contribution in [2.24, 2.45) is 7.05 Å². The van der Waals surface area contributed by atoms with Gasteiger partial charge in [0.1, 0.15) is 5.69 Å². The Morgan fingerprint density at radius 1 is 1.14 bits per heavy atom. The first-order valence-corrected chi connectivity index (χ1v) is 8.32. The van der Waals surface area contributed by atoms with Gasteiger partial charge in [-0.15, -0.1) is 0 Å². The minimum absolute atomic E-state index is 0.0740. The SMILES string of the molecule is Cc1ccc(C(=O)NC2CCN(C3CCCC3)CC2)n1C. The highest BCUT2D eigenvalue weighted by atomic mass is 16.2. The highest BCUT2D eigenvalue weighted by molar-refractivity contribution is 5.93. The molecule has 1 aromatic heterocycles. The molecule has 116 valence electrons. The largest absolute Gasteiger partial charge is 0.348 e. The normalized spacial score (nSPS) is 21.8. The van der Waals surface area contributed by atoms with Gasteiger partial charge in [0.2, 0.25) is 0 Å². The summed E-state index contributed by atoms with van der Waals surface area (Å²) in [5.41, 5.74) is 1.89. The highest BCUT2D eigenvalue weighted by Crippen LogP contribution is 2.26. The molecule has 0 bridgehead atoms. The van der Waals surface area contributed by atoms with E-state index in [4.69, 9.17) is 0 Å². The van der Waals surface area contributed by atoms with Gasteiger partial charge in [-0.2, -0.15) is 0 Å². The summed E-state index contributed by atoms with van der Waals surface area (Å²) in [6.07, 6.45) is 7.72. The fourth-order valence-electron chi connectivity index (χ4n) is 3.78. The molecule has 2 aliphatic rings. The zero-order valence-corrected chi connectivity index (χ0v) is 13.3. The summed E-state index contributed by atoms with van der Waals surface area (Å²) in [5, 5.41) is 3.21. The number of hydrogen-bond donors (Lipinski definition) is 1. The standard InChI is InChI=1S/C17H27N3O/c1-13-7-8-16(19(13)2)17(21)18-14-9-11-20(12-10-14)15-5-3-4-6-15/h7-8,14-15H,3-6,9-12H2,1-2H3,(H,18,21). The molecule has 1 saturated heterocycles. The minimum atomic E-state index is 0.0740. The van der Waals surface area contributed by atoms with E-state index in [1.54, 1.807) is 0 Å². The quantitative estimate of drug-likeness (QED) is 0.928. The van der Waals surface area contributed by atoms with E-state index in [2.05, 4.69) is 10.2 Å². The van der Waals surface area contributed by atoms with Gasteiger partial charge in [-0.1, -0.05) is 12.8 Å². The van der Waals surface area contributed by atoms with Gasteiger partial charge in [0.05, 0.1) is 0 Å². The van der Waals surface area contributed by atoms with Crippen molar-refractivity contribution < 1.29 is 4.79 Å². The predicted molar refractivity (Wildman–Crippen MR) is 84.5 cm³/mol. The molecular weight excluding hydrogens is 262 g/mol. The van der Waals surface area contributed by atoms with Gasteiger partial charge >= 0.3 is 0 Å². The molecule has 21 heavy (non-hydrogen) atoms. The Hall–Kier alpha value is -1.29. The van der Waals surface area contributed by atoms with Gasteiger partial charge in [0.25, 0.3) is 5.91 Å². The average Bonchev–Trinajstić information content (AvgIpc) is 3.11. The van der Waals surface area contributed by atoms with E-state index >= 15 is 0 Å². The summed E-state index contributed by atoms with van der Waals surface area (Å²) in [6.45, 7) is 4.31. The van der Waals surface area contributed by atoms with Crippen molar-refractivity contribution in [1.29, 1.82) is 0 Å². The number of rotatable bonds is 3. The number of likely N-dealkylation sites (tertiary alicyclic amines) is 1. The van der Waals surface area contributed by atoms with Crippen LogP contribution >= 0.6 is 0 Å². The van der Waals surface area contributed by atoms with Crippen LogP contribution in [0.3, 0.4) is 0 Å². The van der Waals surface area contributed by atoms with Crippen LogP contribution in [0.1, 0.15) is 54.7 Å². The summed E-state index contributed by atoms with van der Waals surface area (Å²) >= 11 is 0. The Kier molecular flexibility index (Phi) is 4.34. The Morgan fingerprint density at radius 2 is 1.81 bits per heavy atom. The summed E-state index contributed by atoms with van der Waals surface area (Å²) in [4.78, 5) is 15.0. The van der Waals surface area contributed by atoms with Crippen LogP contribution in [0.25, 0.3) is 0 Å². The first-order valence-electron chi connectivity index (χ1n) is 8.32. The molecule has 1 amide bonds. The van der Waals surface area contributed by atoms with Crippen molar-refractivity contribution in [3.05, 3.63) is 23.5 Å². The average molecular weight is 289 g/mol. The van der Waals surface area contributed by atoms with Gasteiger partial charge in [0, 0.05) is 37.9 Å². The van der Waals surface area contributed by atoms with E-state index in [0.29, 0.717) is 6.04 Å². The molecule has 1 aromatic rings. The molecule has 1 aliphatic heterocycles. The summed E-state index contributed by atoms with van der Waals surface area (Å²) < 4.78 is 1.96. The molecule has 1 N–H and O–H groups in total. The van der Waals surface area contributed by atoms with Crippen molar-refractivity contribution >= 4 is 5.91 Å². The molecular formula is C17H27N3O. The van der Waals surface area contributed by atoms with Gasteiger partial charge in [-0.05, 0) is 44.7 Å². The monoisotopic (exact) mass is 289 g/mol. The molecule has 3 rings (SSSR count). The van der Waals surface area contributed by atoms with E-state index in [-0.39, 0.29) is 5.91 Å². The molecule has 0 aromatic carbocycles. The second-order valence-electron chi connectivity index (χ2n) is 6.64. The van der Waals surface area contributed by atoms with Crippen LogP contribution in [0.2, 0.25) is 0 Å². The first-order chi connectivity index (χ1) is 10.1. The van der Waals surface area contributed by atoms with Gasteiger partial charge < -0.3 is 14.8 Å². The third-order valence-corrected chi connectivity index (χ3v) is 5.31. The molecule has 0 spiro atoms. The van der Waals surface area contributed by atoms with E-state index in [1.165, 1.54) is 25.7 Å². The van der Waals surface area contributed by atoms with Gasteiger partial charge in [0.15, 0.2) is 0 Å². The lowest BCUT2D eigenvalue weighted by Gasteiger charge is -2.36. The maximum absolute atomic E-state index is 12.3. The summed E-state index contributed by atoms with van der Waals surface area (Å²) in [6, 6.07) is 5.07. The van der Waals surface area contributed by atoms with Crippen LogP contribution in [0.5, 0.6) is 0 Å². The number of carbonyl (C=O) groups excluding carboxylic acids is 1. The Morgan fingerprint density at radius 3 is 2.38 bits per heavy atom. The fraction of sp³-hybridized carbons (Fsp3) is 0.706. The topological polar surface area (TPSA) is 37.3 Å². The molecule has 0 unspecified atom stereocenters. The van der Waals surface area contributed by atoms with Gasteiger partial charge in [-0.3, -0.25) is 4.79 Å². The Labute approximate surface area is 127 Å². The molecule has 1 saturated carbocycles. The van der Waals surface area contributed by atoms with Crippen molar-refractivity contribution in [1.82, 2.24) is 14.8 Å². The third kappa shape index (κ3) is 3.15. The number of aromatic nitrogens is 1. The van der Waals surface area contributed by atoms with E-state index in [1.807, 2.05) is 30.7 Å². The Bertz CT molecular complexity index is 494. The van der Waals surface area contributed by atoms with Crippen LogP contribution in [0, 0.1) is 6.92 Å². The number of nitrogens with one attached hydrogen (secondary N) is 1. The second-order valence-corrected chi connectivity index (χ2v) is 6.64. The minimum Gasteiger partial charge on any atom is -0.348 e. The lowest BCUT2D eigenvalue weighted by Crippen LogP contribution is -2.47. The number of carbonyl (C=O) groups is 1. The van der Waals surface area contributed by atoms with E-state index < -0.39 is 0 Å². The van der Waals surface area contributed by atoms with Crippen molar-refractivity contribution in [2.45, 2.75) is 57.5 Å². The molecule has 2 fully saturated rings. The molecule has 2 heterocycles. The summed E-state index contributed by atoms with van der Waals surface area (Å²) in [5.74, 6) is 0.0740. The first kappa shape index (κ1) is 14.6. The van der Waals surface area contributed by atoms with E-state index in [9.17, 15) is 4.79 Å². The van der Waals surface area contributed by atoms with Crippen molar-refractivity contribution in [3.63, 3.8) is 0 Å². The zero-order valence-electron chi connectivity index (χ0n) is 13.3.